The smallest absolute Gasteiger partial charge is 0.253 e. The van der Waals surface area contributed by atoms with Crippen LogP contribution in [0.15, 0.2) is 54.7 Å². The molecule has 1 aliphatic rings. The van der Waals surface area contributed by atoms with Gasteiger partial charge in [-0.15, -0.1) is 0 Å². The number of likely N-dealkylation sites (tertiary alicyclic amines) is 1. The van der Waals surface area contributed by atoms with E-state index in [-0.39, 0.29) is 5.91 Å². The summed E-state index contributed by atoms with van der Waals surface area (Å²) in [6.07, 6.45) is 3.61. The zero-order valence-electron chi connectivity index (χ0n) is 14.8. The summed E-state index contributed by atoms with van der Waals surface area (Å²) in [4.78, 5) is 23.7. The molecule has 0 aliphatic carbocycles. The highest BCUT2D eigenvalue weighted by Crippen LogP contribution is 2.28. The van der Waals surface area contributed by atoms with Crippen LogP contribution in [0.5, 0.6) is 5.75 Å². The first-order valence-corrected chi connectivity index (χ1v) is 8.89. The Morgan fingerprint density at radius 2 is 1.96 bits per heavy atom. The van der Waals surface area contributed by atoms with Crippen LogP contribution in [0, 0.1) is 0 Å². The van der Waals surface area contributed by atoms with Crippen molar-refractivity contribution < 1.29 is 9.53 Å². The summed E-state index contributed by atoms with van der Waals surface area (Å²) < 4.78 is 5.22. The van der Waals surface area contributed by atoms with Crippen LogP contribution in [-0.2, 0) is 0 Å². The number of methoxy groups -OCH3 is 1. The zero-order chi connectivity index (χ0) is 17.9. The van der Waals surface area contributed by atoms with Crippen molar-refractivity contribution in [1.82, 2.24) is 14.9 Å². The standard InChI is InChI=1S/C21H21N3O2/c1-26-18-6-2-4-17(14-18)21(25)24-12-9-15(10-13-24)19-8-7-16-5-3-11-22-20(16)23-19/h2-8,11,14-15H,9-10,12-13H2,1H3. The number of pyridine rings is 2. The van der Waals surface area contributed by atoms with Crippen LogP contribution in [-0.4, -0.2) is 41.0 Å². The van der Waals surface area contributed by atoms with Gasteiger partial charge in [-0.2, -0.15) is 0 Å². The maximum atomic E-state index is 12.7. The van der Waals surface area contributed by atoms with Gasteiger partial charge in [0.2, 0.25) is 0 Å². The van der Waals surface area contributed by atoms with Gasteiger partial charge in [-0.3, -0.25) is 4.79 Å². The summed E-state index contributed by atoms with van der Waals surface area (Å²) in [7, 11) is 1.61. The molecule has 0 saturated carbocycles. The van der Waals surface area contributed by atoms with E-state index in [0.29, 0.717) is 17.2 Å². The maximum Gasteiger partial charge on any atom is 0.253 e. The second-order valence-electron chi connectivity index (χ2n) is 6.58. The lowest BCUT2D eigenvalue weighted by Crippen LogP contribution is -2.38. The Labute approximate surface area is 152 Å². The number of hydrogen-bond acceptors (Lipinski definition) is 4. The Hall–Kier alpha value is -2.95. The highest BCUT2D eigenvalue weighted by atomic mass is 16.5. The largest absolute Gasteiger partial charge is 0.497 e. The summed E-state index contributed by atoms with van der Waals surface area (Å²) in [5.74, 6) is 1.14. The van der Waals surface area contributed by atoms with Gasteiger partial charge in [-0.1, -0.05) is 6.07 Å². The first kappa shape index (κ1) is 16.5. The lowest BCUT2D eigenvalue weighted by Gasteiger charge is -2.32. The van der Waals surface area contributed by atoms with Crippen molar-refractivity contribution >= 4 is 16.9 Å². The van der Waals surface area contributed by atoms with Crippen LogP contribution in [0.3, 0.4) is 0 Å². The van der Waals surface area contributed by atoms with Crippen LogP contribution < -0.4 is 4.74 Å². The van der Waals surface area contributed by atoms with Gasteiger partial charge in [-0.05, 0) is 55.3 Å². The average Bonchev–Trinajstić information content (AvgIpc) is 2.73. The molecule has 1 aliphatic heterocycles. The molecule has 0 bridgehead atoms. The number of nitrogens with zero attached hydrogens (tertiary/aromatic N) is 3. The van der Waals surface area contributed by atoms with Gasteiger partial charge in [0.05, 0.1) is 7.11 Å². The van der Waals surface area contributed by atoms with Gasteiger partial charge in [0.25, 0.3) is 5.91 Å². The quantitative estimate of drug-likeness (QED) is 0.725. The van der Waals surface area contributed by atoms with Crippen molar-refractivity contribution in [2.75, 3.05) is 20.2 Å². The maximum absolute atomic E-state index is 12.7. The van der Waals surface area contributed by atoms with Gasteiger partial charge in [0.15, 0.2) is 5.65 Å². The van der Waals surface area contributed by atoms with Crippen LogP contribution in [0.1, 0.15) is 34.8 Å². The summed E-state index contributed by atoms with van der Waals surface area (Å²) in [5.41, 5.74) is 2.54. The highest BCUT2D eigenvalue weighted by Gasteiger charge is 2.25. The highest BCUT2D eigenvalue weighted by molar-refractivity contribution is 5.94. The first-order chi connectivity index (χ1) is 12.7. The average molecular weight is 347 g/mol. The molecule has 5 heteroatoms. The van der Waals surface area contributed by atoms with Crippen molar-refractivity contribution in [3.63, 3.8) is 0 Å². The number of carbonyl (C=O) groups excluding carboxylic acids is 1. The molecule has 1 amide bonds. The molecule has 0 unspecified atom stereocenters. The Balaban J connectivity index is 1.45. The molecule has 3 heterocycles. The number of piperidine rings is 1. The van der Waals surface area contributed by atoms with E-state index >= 15 is 0 Å². The van der Waals surface area contributed by atoms with Crippen LogP contribution in [0.2, 0.25) is 0 Å². The van der Waals surface area contributed by atoms with Gasteiger partial charge in [0, 0.05) is 41.8 Å². The summed E-state index contributed by atoms with van der Waals surface area (Å²) in [5, 5.41) is 1.06. The van der Waals surface area contributed by atoms with E-state index in [2.05, 4.69) is 17.1 Å². The molecule has 0 radical (unpaired) electrons. The van der Waals surface area contributed by atoms with Crippen molar-refractivity contribution in [3.8, 4) is 5.75 Å². The second-order valence-corrected chi connectivity index (χ2v) is 6.58. The summed E-state index contributed by atoms with van der Waals surface area (Å²) in [6.45, 7) is 1.48. The lowest BCUT2D eigenvalue weighted by molar-refractivity contribution is 0.0712. The van der Waals surface area contributed by atoms with Crippen LogP contribution in [0.25, 0.3) is 11.0 Å². The molecule has 1 aromatic carbocycles. The molecule has 1 saturated heterocycles. The number of ether oxygens (including phenoxy) is 1. The molecule has 132 valence electrons. The molecular weight excluding hydrogens is 326 g/mol. The third kappa shape index (κ3) is 3.25. The predicted octanol–water partition coefficient (Wildman–Crippen LogP) is 3.66. The Kier molecular flexibility index (Phi) is 4.52. The molecule has 26 heavy (non-hydrogen) atoms. The number of fused-ring (bicyclic) bond motifs is 1. The molecule has 0 N–H and O–H groups in total. The molecule has 0 atom stereocenters. The summed E-state index contributed by atoms with van der Waals surface area (Å²) in [6, 6.07) is 15.5. The third-order valence-corrected chi connectivity index (χ3v) is 5.00. The van der Waals surface area contributed by atoms with Crippen molar-refractivity contribution in [2.45, 2.75) is 18.8 Å². The number of benzene rings is 1. The molecule has 2 aromatic heterocycles. The lowest BCUT2D eigenvalue weighted by atomic mass is 9.92. The second kappa shape index (κ2) is 7.12. The van der Waals surface area contributed by atoms with E-state index in [4.69, 9.17) is 9.72 Å². The van der Waals surface area contributed by atoms with Gasteiger partial charge in [-0.25, -0.2) is 9.97 Å². The Bertz CT molecular complexity index is 933. The van der Waals surface area contributed by atoms with Gasteiger partial charge < -0.3 is 9.64 Å². The van der Waals surface area contributed by atoms with E-state index in [1.54, 1.807) is 19.4 Å². The van der Waals surface area contributed by atoms with E-state index in [0.717, 1.165) is 42.7 Å². The predicted molar refractivity (Wildman–Crippen MR) is 100 cm³/mol. The topological polar surface area (TPSA) is 55.3 Å². The molecule has 3 aromatic rings. The van der Waals surface area contributed by atoms with Gasteiger partial charge >= 0.3 is 0 Å². The zero-order valence-corrected chi connectivity index (χ0v) is 14.8. The van der Waals surface area contributed by atoms with E-state index in [1.807, 2.05) is 35.2 Å². The molecule has 1 fully saturated rings. The number of rotatable bonds is 3. The SMILES string of the molecule is COc1cccc(C(=O)N2CCC(c3ccc4cccnc4n3)CC2)c1. The molecule has 5 nitrogen and oxygen atoms in total. The van der Waals surface area contributed by atoms with Gasteiger partial charge in [0.1, 0.15) is 5.75 Å². The normalized spacial score (nSPS) is 15.2. The Morgan fingerprint density at radius 3 is 2.77 bits per heavy atom. The fourth-order valence-corrected chi connectivity index (χ4v) is 3.51. The number of hydrogen-bond donors (Lipinski definition) is 0. The summed E-state index contributed by atoms with van der Waals surface area (Å²) >= 11 is 0. The fraction of sp³-hybridized carbons (Fsp3) is 0.286. The third-order valence-electron chi connectivity index (χ3n) is 5.00. The Morgan fingerprint density at radius 1 is 1.12 bits per heavy atom. The molecule has 0 spiro atoms. The number of aromatic nitrogens is 2. The fourth-order valence-electron chi connectivity index (χ4n) is 3.51. The van der Waals surface area contributed by atoms with Crippen molar-refractivity contribution in [2.24, 2.45) is 0 Å². The molecule has 4 rings (SSSR count). The number of amides is 1. The minimum Gasteiger partial charge on any atom is -0.497 e. The first-order valence-electron chi connectivity index (χ1n) is 8.89. The molecular formula is C21H21N3O2. The monoisotopic (exact) mass is 347 g/mol. The minimum atomic E-state index is 0.0653. The van der Waals surface area contributed by atoms with E-state index in [9.17, 15) is 4.79 Å². The minimum absolute atomic E-state index is 0.0653. The number of carbonyl (C=O) groups is 1. The van der Waals surface area contributed by atoms with E-state index < -0.39 is 0 Å². The van der Waals surface area contributed by atoms with Crippen molar-refractivity contribution in [1.29, 1.82) is 0 Å². The van der Waals surface area contributed by atoms with Crippen LogP contribution >= 0.6 is 0 Å². The van der Waals surface area contributed by atoms with Crippen molar-refractivity contribution in [3.05, 3.63) is 66.0 Å². The van der Waals surface area contributed by atoms with E-state index in [1.165, 1.54) is 0 Å². The van der Waals surface area contributed by atoms with Crippen LogP contribution in [0.4, 0.5) is 0 Å².